The third kappa shape index (κ3) is 2.43. The van der Waals surface area contributed by atoms with E-state index >= 15 is 0 Å². The van der Waals surface area contributed by atoms with Gasteiger partial charge >= 0.3 is 0 Å². The fraction of sp³-hybridized carbons (Fsp3) is 0.538. The molecular formula is C13H20N2O. The van der Waals surface area contributed by atoms with Crippen LogP contribution in [0.4, 0.5) is 0 Å². The Balaban J connectivity index is 2.18. The molecule has 16 heavy (non-hydrogen) atoms. The largest absolute Gasteiger partial charge is 0.395 e. The van der Waals surface area contributed by atoms with Crippen LogP contribution < -0.4 is 5.32 Å². The molecule has 1 aromatic rings. The zero-order valence-electron chi connectivity index (χ0n) is 9.76. The molecule has 0 amide bonds. The van der Waals surface area contributed by atoms with Crippen molar-refractivity contribution in [2.24, 2.45) is 0 Å². The SMILES string of the molecule is CN1C(CO)CNCCC1c1ccccc1. The maximum Gasteiger partial charge on any atom is 0.0599 e. The number of benzene rings is 1. The minimum Gasteiger partial charge on any atom is -0.395 e. The van der Waals surface area contributed by atoms with Crippen molar-refractivity contribution < 1.29 is 5.11 Å². The van der Waals surface area contributed by atoms with Crippen molar-refractivity contribution in [1.29, 1.82) is 0 Å². The molecule has 0 aromatic heterocycles. The predicted octanol–water partition coefficient (Wildman–Crippen LogP) is 1.01. The van der Waals surface area contributed by atoms with Crippen molar-refractivity contribution in [1.82, 2.24) is 10.2 Å². The Hall–Kier alpha value is -0.900. The molecule has 1 fully saturated rings. The van der Waals surface area contributed by atoms with E-state index in [9.17, 15) is 5.11 Å². The van der Waals surface area contributed by atoms with Gasteiger partial charge in [-0.15, -0.1) is 0 Å². The van der Waals surface area contributed by atoms with E-state index in [1.807, 2.05) is 6.07 Å². The van der Waals surface area contributed by atoms with Gasteiger partial charge in [-0.25, -0.2) is 0 Å². The number of nitrogens with one attached hydrogen (secondary N) is 1. The van der Waals surface area contributed by atoms with E-state index in [4.69, 9.17) is 0 Å². The monoisotopic (exact) mass is 220 g/mol. The molecule has 1 heterocycles. The average molecular weight is 220 g/mol. The van der Waals surface area contributed by atoms with Crippen LogP contribution in [-0.4, -0.2) is 42.8 Å². The summed E-state index contributed by atoms with van der Waals surface area (Å²) >= 11 is 0. The van der Waals surface area contributed by atoms with Gasteiger partial charge in [-0.2, -0.15) is 0 Å². The molecule has 1 aliphatic heterocycles. The van der Waals surface area contributed by atoms with E-state index in [0.717, 1.165) is 19.5 Å². The summed E-state index contributed by atoms with van der Waals surface area (Å²) in [6.07, 6.45) is 1.09. The molecule has 1 saturated heterocycles. The standard InChI is InChI=1S/C13H20N2O/c1-15-12(10-16)9-14-8-7-13(15)11-5-3-2-4-6-11/h2-6,12-14,16H,7-10H2,1H3. The van der Waals surface area contributed by atoms with Gasteiger partial charge in [0.05, 0.1) is 6.61 Å². The van der Waals surface area contributed by atoms with E-state index in [1.54, 1.807) is 0 Å². The summed E-state index contributed by atoms with van der Waals surface area (Å²) in [6, 6.07) is 11.2. The van der Waals surface area contributed by atoms with Crippen LogP contribution >= 0.6 is 0 Å². The van der Waals surface area contributed by atoms with E-state index < -0.39 is 0 Å². The Morgan fingerprint density at radius 2 is 2.12 bits per heavy atom. The maximum atomic E-state index is 9.37. The second-order valence-corrected chi connectivity index (χ2v) is 4.42. The summed E-state index contributed by atoms with van der Waals surface area (Å²) in [6.45, 7) is 2.10. The van der Waals surface area contributed by atoms with Crippen LogP contribution in [0, 0.1) is 0 Å². The van der Waals surface area contributed by atoms with Crippen molar-refractivity contribution in [2.75, 3.05) is 26.7 Å². The Morgan fingerprint density at radius 1 is 1.38 bits per heavy atom. The highest BCUT2D eigenvalue weighted by Crippen LogP contribution is 2.25. The van der Waals surface area contributed by atoms with Crippen molar-refractivity contribution >= 4 is 0 Å². The molecule has 0 radical (unpaired) electrons. The summed E-state index contributed by atoms with van der Waals surface area (Å²) < 4.78 is 0. The highest BCUT2D eigenvalue weighted by atomic mass is 16.3. The van der Waals surface area contributed by atoms with Gasteiger partial charge in [-0.05, 0) is 25.6 Å². The molecule has 2 N–H and O–H groups in total. The van der Waals surface area contributed by atoms with E-state index in [-0.39, 0.29) is 12.6 Å². The molecular weight excluding hydrogens is 200 g/mol. The maximum absolute atomic E-state index is 9.37. The Kier molecular flexibility index (Phi) is 3.93. The van der Waals surface area contributed by atoms with Gasteiger partial charge in [0, 0.05) is 18.6 Å². The first-order valence-electron chi connectivity index (χ1n) is 5.91. The first-order chi connectivity index (χ1) is 7.83. The Bertz CT molecular complexity index is 315. The number of hydrogen-bond acceptors (Lipinski definition) is 3. The number of aliphatic hydroxyl groups is 1. The van der Waals surface area contributed by atoms with Crippen molar-refractivity contribution in [3.63, 3.8) is 0 Å². The van der Waals surface area contributed by atoms with Gasteiger partial charge in [-0.1, -0.05) is 30.3 Å². The summed E-state index contributed by atoms with van der Waals surface area (Å²) in [5.74, 6) is 0. The molecule has 0 spiro atoms. The molecule has 1 aromatic carbocycles. The highest BCUT2D eigenvalue weighted by molar-refractivity contribution is 5.19. The quantitative estimate of drug-likeness (QED) is 0.781. The zero-order chi connectivity index (χ0) is 11.4. The van der Waals surface area contributed by atoms with Gasteiger partial charge in [0.1, 0.15) is 0 Å². The van der Waals surface area contributed by atoms with Crippen LogP contribution in [0.5, 0.6) is 0 Å². The fourth-order valence-electron chi connectivity index (χ4n) is 2.38. The van der Waals surface area contributed by atoms with Gasteiger partial charge < -0.3 is 10.4 Å². The normalized spacial score (nSPS) is 27.6. The molecule has 2 rings (SSSR count). The van der Waals surface area contributed by atoms with Gasteiger partial charge in [0.25, 0.3) is 0 Å². The Morgan fingerprint density at radius 3 is 2.81 bits per heavy atom. The van der Waals surface area contributed by atoms with Crippen LogP contribution in [0.15, 0.2) is 30.3 Å². The number of hydrogen-bond donors (Lipinski definition) is 2. The summed E-state index contributed by atoms with van der Waals surface area (Å²) in [5, 5.41) is 12.7. The molecule has 0 bridgehead atoms. The lowest BCUT2D eigenvalue weighted by atomic mass is 10.0. The number of aliphatic hydroxyl groups excluding tert-OH is 1. The van der Waals surface area contributed by atoms with Gasteiger partial charge in [-0.3, -0.25) is 4.90 Å². The molecule has 0 saturated carbocycles. The molecule has 0 aliphatic carbocycles. The summed E-state index contributed by atoms with van der Waals surface area (Å²) in [7, 11) is 2.10. The number of rotatable bonds is 2. The summed E-state index contributed by atoms with van der Waals surface area (Å²) in [4.78, 5) is 2.29. The number of likely N-dealkylation sites (N-methyl/N-ethyl adjacent to an activating group) is 1. The molecule has 2 unspecified atom stereocenters. The van der Waals surface area contributed by atoms with E-state index in [2.05, 4.69) is 41.5 Å². The first kappa shape index (κ1) is 11.6. The topological polar surface area (TPSA) is 35.5 Å². The van der Waals surface area contributed by atoms with Crippen LogP contribution in [0.25, 0.3) is 0 Å². The highest BCUT2D eigenvalue weighted by Gasteiger charge is 2.25. The van der Waals surface area contributed by atoms with Gasteiger partial charge in [0.15, 0.2) is 0 Å². The van der Waals surface area contributed by atoms with E-state index in [1.165, 1.54) is 5.56 Å². The lowest BCUT2D eigenvalue weighted by Gasteiger charge is -2.31. The third-order valence-electron chi connectivity index (χ3n) is 3.44. The van der Waals surface area contributed by atoms with Gasteiger partial charge in [0.2, 0.25) is 0 Å². The Labute approximate surface area is 97.1 Å². The minimum absolute atomic E-state index is 0.215. The summed E-state index contributed by atoms with van der Waals surface area (Å²) in [5.41, 5.74) is 1.34. The van der Waals surface area contributed by atoms with Crippen LogP contribution in [0.2, 0.25) is 0 Å². The minimum atomic E-state index is 0.215. The van der Waals surface area contributed by atoms with E-state index in [0.29, 0.717) is 6.04 Å². The lowest BCUT2D eigenvalue weighted by molar-refractivity contribution is 0.118. The van der Waals surface area contributed by atoms with Crippen LogP contribution in [0.1, 0.15) is 18.0 Å². The fourth-order valence-corrected chi connectivity index (χ4v) is 2.38. The average Bonchev–Trinajstić information content (AvgIpc) is 2.52. The second-order valence-electron chi connectivity index (χ2n) is 4.42. The first-order valence-corrected chi connectivity index (χ1v) is 5.91. The predicted molar refractivity (Wildman–Crippen MR) is 65.3 cm³/mol. The van der Waals surface area contributed by atoms with Crippen LogP contribution in [0.3, 0.4) is 0 Å². The van der Waals surface area contributed by atoms with Crippen molar-refractivity contribution in [3.05, 3.63) is 35.9 Å². The molecule has 1 aliphatic rings. The smallest absolute Gasteiger partial charge is 0.0599 e. The molecule has 3 nitrogen and oxygen atoms in total. The lowest BCUT2D eigenvalue weighted by Crippen LogP contribution is -2.40. The molecule has 2 atom stereocenters. The second kappa shape index (κ2) is 5.43. The third-order valence-corrected chi connectivity index (χ3v) is 3.44. The van der Waals surface area contributed by atoms with Crippen LogP contribution in [-0.2, 0) is 0 Å². The zero-order valence-corrected chi connectivity index (χ0v) is 9.76. The van der Waals surface area contributed by atoms with Crippen molar-refractivity contribution in [2.45, 2.75) is 18.5 Å². The number of nitrogens with zero attached hydrogens (tertiary/aromatic N) is 1. The molecule has 3 heteroatoms. The van der Waals surface area contributed by atoms with Crippen molar-refractivity contribution in [3.8, 4) is 0 Å². The molecule has 88 valence electrons.